The summed E-state index contributed by atoms with van der Waals surface area (Å²) in [7, 11) is 3.15. The maximum atomic E-state index is 12.4. The van der Waals surface area contributed by atoms with Gasteiger partial charge in [0.05, 0.1) is 13.7 Å². The Kier molecular flexibility index (Phi) is 7.51. The van der Waals surface area contributed by atoms with Crippen LogP contribution in [0.2, 0.25) is 0 Å². The second kappa shape index (κ2) is 10.1. The molecule has 2 aromatic carbocycles. The van der Waals surface area contributed by atoms with Crippen LogP contribution in [0, 0.1) is 0 Å². The lowest BCUT2D eigenvalue weighted by Gasteiger charge is -2.12. The van der Waals surface area contributed by atoms with E-state index in [4.69, 9.17) is 18.9 Å². The van der Waals surface area contributed by atoms with Crippen LogP contribution in [-0.2, 0) is 4.74 Å². The van der Waals surface area contributed by atoms with Crippen LogP contribution >= 0.6 is 0 Å². The Hall–Kier alpha value is -2.99. The van der Waals surface area contributed by atoms with Gasteiger partial charge in [-0.05, 0) is 42.5 Å². The minimum absolute atomic E-state index is 0.244. The largest absolute Gasteiger partial charge is 0.493 e. The highest BCUT2D eigenvalue weighted by molar-refractivity contribution is 6.04. The molecule has 0 aliphatic carbocycles. The third-order valence-corrected chi connectivity index (χ3v) is 3.45. The van der Waals surface area contributed by atoms with E-state index in [2.05, 4.69) is 11.9 Å². The van der Waals surface area contributed by atoms with E-state index in [1.807, 2.05) is 0 Å². The molecule has 6 heteroatoms. The SMILES string of the molecule is C=CCOc1ccc(C(=O)Nc2ccc(OCCOC)cc2)cc1OC. The Labute approximate surface area is 153 Å². The number of hydrogen-bond donors (Lipinski definition) is 1. The molecule has 0 unspecified atom stereocenters. The van der Waals surface area contributed by atoms with Crippen LogP contribution in [0.3, 0.4) is 0 Å². The normalized spacial score (nSPS) is 10.1. The van der Waals surface area contributed by atoms with Crippen molar-refractivity contribution < 1.29 is 23.7 Å². The number of nitrogens with one attached hydrogen (secondary N) is 1. The number of benzene rings is 2. The number of methoxy groups -OCH3 is 2. The van der Waals surface area contributed by atoms with E-state index in [1.165, 1.54) is 7.11 Å². The van der Waals surface area contributed by atoms with E-state index in [-0.39, 0.29) is 5.91 Å². The minimum Gasteiger partial charge on any atom is -0.493 e. The third-order valence-electron chi connectivity index (χ3n) is 3.45. The highest BCUT2D eigenvalue weighted by atomic mass is 16.5. The van der Waals surface area contributed by atoms with Crippen molar-refractivity contribution in [3.8, 4) is 17.2 Å². The zero-order valence-electron chi connectivity index (χ0n) is 15.0. The van der Waals surface area contributed by atoms with Gasteiger partial charge in [-0.1, -0.05) is 12.7 Å². The van der Waals surface area contributed by atoms with E-state index in [0.717, 1.165) is 0 Å². The molecule has 0 fully saturated rings. The van der Waals surface area contributed by atoms with Gasteiger partial charge < -0.3 is 24.3 Å². The number of carbonyl (C=O) groups excluding carboxylic acids is 1. The van der Waals surface area contributed by atoms with Gasteiger partial charge >= 0.3 is 0 Å². The van der Waals surface area contributed by atoms with Gasteiger partial charge in [-0.3, -0.25) is 4.79 Å². The zero-order valence-corrected chi connectivity index (χ0v) is 15.0. The average Bonchev–Trinajstić information content (AvgIpc) is 2.67. The van der Waals surface area contributed by atoms with Crippen molar-refractivity contribution in [3.63, 3.8) is 0 Å². The number of amides is 1. The quantitative estimate of drug-likeness (QED) is 0.520. The Morgan fingerprint density at radius 2 is 1.81 bits per heavy atom. The lowest BCUT2D eigenvalue weighted by atomic mass is 10.2. The summed E-state index contributed by atoms with van der Waals surface area (Å²) in [5.41, 5.74) is 1.13. The van der Waals surface area contributed by atoms with E-state index >= 15 is 0 Å². The summed E-state index contributed by atoms with van der Waals surface area (Å²) in [6.07, 6.45) is 1.64. The molecular weight excluding hydrogens is 334 g/mol. The Balaban J connectivity index is 2.01. The second-order valence-electron chi connectivity index (χ2n) is 5.29. The van der Waals surface area contributed by atoms with Crippen LogP contribution in [0.5, 0.6) is 17.2 Å². The molecule has 0 bridgehead atoms. The fourth-order valence-electron chi connectivity index (χ4n) is 2.16. The molecule has 1 N–H and O–H groups in total. The molecule has 0 spiro atoms. The summed E-state index contributed by atoms with van der Waals surface area (Å²) in [5.74, 6) is 1.51. The topological polar surface area (TPSA) is 66.0 Å². The van der Waals surface area contributed by atoms with Crippen LogP contribution in [0.4, 0.5) is 5.69 Å². The third kappa shape index (κ3) is 5.53. The number of anilines is 1. The van der Waals surface area contributed by atoms with Crippen LogP contribution in [0.1, 0.15) is 10.4 Å². The molecule has 138 valence electrons. The van der Waals surface area contributed by atoms with Crippen LogP contribution < -0.4 is 19.5 Å². The van der Waals surface area contributed by atoms with Gasteiger partial charge in [0.1, 0.15) is 19.0 Å². The van der Waals surface area contributed by atoms with Gasteiger partial charge in [-0.15, -0.1) is 0 Å². The maximum absolute atomic E-state index is 12.4. The van der Waals surface area contributed by atoms with Crippen molar-refractivity contribution in [2.75, 3.05) is 39.4 Å². The number of rotatable bonds is 10. The standard InChI is InChI=1S/C20H23NO5/c1-4-11-26-18-10-5-15(14-19(18)24-3)20(22)21-16-6-8-17(9-7-16)25-13-12-23-2/h4-10,14H,1,11-13H2,2-3H3,(H,21,22). The van der Waals surface area contributed by atoms with Gasteiger partial charge in [0.25, 0.3) is 5.91 Å². The van der Waals surface area contributed by atoms with E-state index in [1.54, 1.807) is 55.7 Å². The molecule has 0 atom stereocenters. The summed E-state index contributed by atoms with van der Waals surface area (Å²) in [6.45, 7) is 4.96. The summed E-state index contributed by atoms with van der Waals surface area (Å²) in [6, 6.07) is 12.1. The first-order chi connectivity index (χ1) is 12.7. The molecule has 2 aromatic rings. The molecule has 1 amide bonds. The Morgan fingerprint density at radius 1 is 1.04 bits per heavy atom. The summed E-state index contributed by atoms with van der Waals surface area (Å²) >= 11 is 0. The van der Waals surface area contributed by atoms with Crippen molar-refractivity contribution in [2.45, 2.75) is 0 Å². The van der Waals surface area contributed by atoms with Gasteiger partial charge in [-0.25, -0.2) is 0 Å². The Bertz CT molecular complexity index is 727. The van der Waals surface area contributed by atoms with Crippen molar-refractivity contribution >= 4 is 11.6 Å². The van der Waals surface area contributed by atoms with Crippen LogP contribution in [0.25, 0.3) is 0 Å². The fraction of sp³-hybridized carbons (Fsp3) is 0.250. The number of ether oxygens (including phenoxy) is 4. The first kappa shape index (κ1) is 19.3. The van der Waals surface area contributed by atoms with Crippen LogP contribution in [-0.4, -0.2) is 39.9 Å². The number of hydrogen-bond acceptors (Lipinski definition) is 5. The predicted molar refractivity (Wildman–Crippen MR) is 100 cm³/mol. The smallest absolute Gasteiger partial charge is 0.255 e. The highest BCUT2D eigenvalue weighted by Gasteiger charge is 2.11. The van der Waals surface area contributed by atoms with Gasteiger partial charge in [-0.2, -0.15) is 0 Å². The van der Waals surface area contributed by atoms with Gasteiger partial charge in [0, 0.05) is 18.4 Å². The zero-order chi connectivity index (χ0) is 18.8. The molecule has 0 aliphatic heterocycles. The molecule has 0 saturated carbocycles. The molecule has 6 nitrogen and oxygen atoms in total. The Morgan fingerprint density at radius 3 is 2.46 bits per heavy atom. The molecule has 2 rings (SSSR count). The first-order valence-corrected chi connectivity index (χ1v) is 8.12. The maximum Gasteiger partial charge on any atom is 0.255 e. The minimum atomic E-state index is -0.244. The van der Waals surface area contributed by atoms with E-state index in [0.29, 0.717) is 48.3 Å². The summed E-state index contributed by atoms with van der Waals surface area (Å²) < 4.78 is 21.2. The van der Waals surface area contributed by atoms with Gasteiger partial charge in [0.2, 0.25) is 0 Å². The fourth-order valence-corrected chi connectivity index (χ4v) is 2.16. The predicted octanol–water partition coefficient (Wildman–Crippen LogP) is 3.54. The molecule has 0 aromatic heterocycles. The first-order valence-electron chi connectivity index (χ1n) is 8.12. The molecule has 0 radical (unpaired) electrons. The summed E-state index contributed by atoms with van der Waals surface area (Å²) in [5, 5.41) is 2.83. The lowest BCUT2D eigenvalue weighted by Crippen LogP contribution is -2.12. The molecular formula is C20H23NO5. The van der Waals surface area contributed by atoms with Crippen molar-refractivity contribution in [1.29, 1.82) is 0 Å². The molecule has 0 saturated heterocycles. The molecule has 0 heterocycles. The van der Waals surface area contributed by atoms with E-state index in [9.17, 15) is 4.79 Å². The monoisotopic (exact) mass is 357 g/mol. The lowest BCUT2D eigenvalue weighted by molar-refractivity contribution is 0.102. The average molecular weight is 357 g/mol. The number of carbonyl (C=O) groups is 1. The van der Waals surface area contributed by atoms with Crippen LogP contribution in [0.15, 0.2) is 55.1 Å². The molecule has 0 aliphatic rings. The van der Waals surface area contributed by atoms with Gasteiger partial charge in [0.15, 0.2) is 11.5 Å². The van der Waals surface area contributed by atoms with Crippen molar-refractivity contribution in [2.24, 2.45) is 0 Å². The molecule has 26 heavy (non-hydrogen) atoms. The van der Waals surface area contributed by atoms with Crippen molar-refractivity contribution in [1.82, 2.24) is 0 Å². The summed E-state index contributed by atoms with van der Waals surface area (Å²) in [4.78, 5) is 12.4. The second-order valence-corrected chi connectivity index (χ2v) is 5.29. The van der Waals surface area contributed by atoms with E-state index < -0.39 is 0 Å². The van der Waals surface area contributed by atoms with Crippen molar-refractivity contribution in [3.05, 3.63) is 60.7 Å². The highest BCUT2D eigenvalue weighted by Crippen LogP contribution is 2.28.